The first-order valence-corrected chi connectivity index (χ1v) is 8.75. The smallest absolute Gasteiger partial charge is 0.222 e. The van der Waals surface area contributed by atoms with Crippen molar-refractivity contribution in [1.29, 1.82) is 0 Å². The van der Waals surface area contributed by atoms with E-state index >= 15 is 0 Å². The summed E-state index contributed by atoms with van der Waals surface area (Å²) in [6, 6.07) is 12.6. The Morgan fingerprint density at radius 2 is 1.70 bits per heavy atom. The lowest BCUT2D eigenvalue weighted by molar-refractivity contribution is 0.203. The van der Waals surface area contributed by atoms with Gasteiger partial charge in [0.15, 0.2) is 5.82 Å². The molecule has 0 saturated heterocycles. The van der Waals surface area contributed by atoms with Gasteiger partial charge in [-0.25, -0.2) is 9.97 Å². The topological polar surface area (TPSA) is 116 Å². The van der Waals surface area contributed by atoms with Crippen molar-refractivity contribution in [1.82, 2.24) is 19.7 Å². The van der Waals surface area contributed by atoms with Gasteiger partial charge in [0, 0.05) is 16.1 Å². The predicted octanol–water partition coefficient (Wildman–Crippen LogP) is 3.78. The number of hydrogen-bond donors (Lipinski definition) is 3. The van der Waals surface area contributed by atoms with Gasteiger partial charge in [-0.15, -0.1) is 0 Å². The zero-order valence-corrected chi connectivity index (χ0v) is 15.3. The molecule has 136 valence electrons. The molecule has 8 heteroatoms. The highest BCUT2D eigenvalue weighted by Crippen LogP contribution is 2.32. The van der Waals surface area contributed by atoms with E-state index in [1.807, 2.05) is 25.1 Å². The number of hydrogen-bond acceptors (Lipinski definition) is 6. The van der Waals surface area contributed by atoms with E-state index in [1.54, 1.807) is 24.3 Å². The maximum atomic E-state index is 10.7. The van der Waals surface area contributed by atoms with Crippen LogP contribution in [0.25, 0.3) is 33.5 Å². The Kier molecular flexibility index (Phi) is 4.08. The molecule has 0 saturated carbocycles. The second-order valence-electron chi connectivity index (χ2n) is 6.10. The van der Waals surface area contributed by atoms with Gasteiger partial charge in [-0.1, -0.05) is 24.6 Å². The van der Waals surface area contributed by atoms with Crippen LogP contribution in [0.1, 0.15) is 12.6 Å². The molecule has 4 rings (SSSR count). The Morgan fingerprint density at radius 1 is 1.00 bits per heavy atom. The van der Waals surface area contributed by atoms with Gasteiger partial charge in [0.05, 0.1) is 11.2 Å². The lowest BCUT2D eigenvalue weighted by atomic mass is 10.0. The summed E-state index contributed by atoms with van der Waals surface area (Å²) in [6.45, 7) is 1.97. The predicted molar refractivity (Wildman–Crippen MR) is 107 cm³/mol. The van der Waals surface area contributed by atoms with E-state index in [9.17, 15) is 5.21 Å². The van der Waals surface area contributed by atoms with Crippen LogP contribution < -0.4 is 11.5 Å². The molecule has 0 amide bonds. The molecule has 7 nitrogen and oxygen atoms in total. The highest BCUT2D eigenvalue weighted by Gasteiger charge is 2.17. The van der Waals surface area contributed by atoms with E-state index < -0.39 is 0 Å². The van der Waals surface area contributed by atoms with E-state index in [-0.39, 0.29) is 5.95 Å². The number of rotatable bonds is 3. The van der Waals surface area contributed by atoms with Gasteiger partial charge in [0.25, 0.3) is 0 Å². The normalized spacial score (nSPS) is 11.2. The van der Waals surface area contributed by atoms with Gasteiger partial charge in [-0.2, -0.15) is 9.71 Å². The zero-order valence-electron chi connectivity index (χ0n) is 14.5. The third kappa shape index (κ3) is 2.92. The molecule has 0 atom stereocenters. The van der Waals surface area contributed by atoms with Crippen LogP contribution in [0.15, 0.2) is 42.5 Å². The maximum absolute atomic E-state index is 10.7. The lowest BCUT2D eigenvalue weighted by Crippen LogP contribution is -2.06. The van der Waals surface area contributed by atoms with Crippen LogP contribution in [0.4, 0.5) is 11.8 Å². The van der Waals surface area contributed by atoms with Gasteiger partial charge in [-0.3, -0.25) is 0 Å². The van der Waals surface area contributed by atoms with Gasteiger partial charge in [0.1, 0.15) is 11.3 Å². The van der Waals surface area contributed by atoms with Crippen molar-refractivity contribution in [3.05, 3.63) is 53.2 Å². The highest BCUT2D eigenvalue weighted by molar-refractivity contribution is 6.30. The molecule has 0 aliphatic rings. The summed E-state index contributed by atoms with van der Waals surface area (Å²) in [5, 5.41) is 11.3. The summed E-state index contributed by atoms with van der Waals surface area (Å²) < 4.78 is 1.06. The summed E-state index contributed by atoms with van der Waals surface area (Å²) in [4.78, 5) is 12.9. The van der Waals surface area contributed by atoms with E-state index in [4.69, 9.17) is 23.1 Å². The van der Waals surface area contributed by atoms with Crippen LogP contribution in [-0.2, 0) is 6.42 Å². The van der Waals surface area contributed by atoms with Crippen LogP contribution in [0.3, 0.4) is 0 Å². The Morgan fingerprint density at radius 3 is 2.41 bits per heavy atom. The van der Waals surface area contributed by atoms with Crippen molar-refractivity contribution in [2.24, 2.45) is 0 Å². The summed E-state index contributed by atoms with van der Waals surface area (Å²) in [5.74, 6) is 0.878. The number of halogens is 1. The van der Waals surface area contributed by atoms with Crippen LogP contribution in [0.5, 0.6) is 0 Å². The van der Waals surface area contributed by atoms with E-state index in [0.717, 1.165) is 21.6 Å². The minimum atomic E-state index is 0.145. The van der Waals surface area contributed by atoms with E-state index in [1.165, 1.54) is 0 Å². The number of nitrogens with two attached hydrogens (primary N) is 2. The van der Waals surface area contributed by atoms with Crippen molar-refractivity contribution < 1.29 is 5.21 Å². The molecule has 5 N–H and O–H groups in total. The largest absolute Gasteiger partial charge is 0.426 e. The first-order valence-electron chi connectivity index (χ1n) is 8.38. The lowest BCUT2D eigenvalue weighted by Gasteiger charge is -2.11. The average Bonchev–Trinajstić information content (AvgIpc) is 2.98. The number of imidazole rings is 1. The fraction of sp³-hybridized carbons (Fsp3) is 0.105. The van der Waals surface area contributed by atoms with Crippen LogP contribution in [0.2, 0.25) is 5.02 Å². The third-order valence-corrected chi connectivity index (χ3v) is 4.64. The fourth-order valence-corrected chi connectivity index (χ4v) is 3.25. The molecule has 2 aromatic carbocycles. The van der Waals surface area contributed by atoms with Crippen LogP contribution in [-0.4, -0.2) is 24.9 Å². The number of fused-ring (bicyclic) bond motifs is 1. The number of nitrogen functional groups attached to an aromatic ring is 2. The van der Waals surface area contributed by atoms with E-state index in [2.05, 4.69) is 15.0 Å². The SMILES string of the molecule is CCc1nc(N)nc(N)c1-c1ccc2nc(-c3ccc(Cl)cc3)n(O)c2c1. The highest BCUT2D eigenvalue weighted by atomic mass is 35.5. The fourth-order valence-electron chi connectivity index (χ4n) is 3.12. The molecule has 4 aromatic rings. The molecule has 0 aliphatic carbocycles. The number of benzene rings is 2. The van der Waals surface area contributed by atoms with Gasteiger partial charge >= 0.3 is 0 Å². The number of aromatic nitrogens is 4. The second-order valence-corrected chi connectivity index (χ2v) is 6.54. The minimum absolute atomic E-state index is 0.145. The Balaban J connectivity index is 1.89. The molecule has 2 heterocycles. The minimum Gasteiger partial charge on any atom is -0.426 e. The molecule has 0 aliphatic heterocycles. The zero-order chi connectivity index (χ0) is 19.1. The quantitative estimate of drug-likeness (QED) is 0.466. The van der Waals surface area contributed by atoms with E-state index in [0.29, 0.717) is 39.7 Å². The molecule has 0 radical (unpaired) electrons. The van der Waals surface area contributed by atoms with Gasteiger partial charge in [0.2, 0.25) is 5.95 Å². The van der Waals surface area contributed by atoms with Gasteiger partial charge < -0.3 is 16.7 Å². The second kappa shape index (κ2) is 6.44. The molecule has 0 fully saturated rings. The van der Waals surface area contributed by atoms with Crippen molar-refractivity contribution in [3.63, 3.8) is 0 Å². The molecule has 0 bridgehead atoms. The summed E-state index contributed by atoms with van der Waals surface area (Å²) >= 11 is 5.94. The summed E-state index contributed by atoms with van der Waals surface area (Å²) in [5.41, 5.74) is 16.0. The molecule has 2 aromatic heterocycles. The summed E-state index contributed by atoms with van der Waals surface area (Å²) in [6.07, 6.45) is 0.651. The number of nitrogens with zero attached hydrogens (tertiary/aromatic N) is 4. The molecular weight excluding hydrogens is 364 g/mol. The first-order chi connectivity index (χ1) is 13.0. The standard InChI is InChI=1S/C19H17ClN6O/c1-2-13-16(17(21)25-19(22)24-13)11-5-8-14-15(9-11)26(27)18(23-14)10-3-6-12(20)7-4-10/h3-9,27H,2H2,1H3,(H4,21,22,24,25). The van der Waals surface area contributed by atoms with Gasteiger partial charge in [-0.05, 0) is 48.4 Å². The van der Waals surface area contributed by atoms with Crippen molar-refractivity contribution in [2.45, 2.75) is 13.3 Å². The Bertz CT molecular complexity index is 1150. The van der Waals surface area contributed by atoms with Crippen molar-refractivity contribution in [2.75, 3.05) is 11.5 Å². The maximum Gasteiger partial charge on any atom is 0.222 e. The molecule has 0 unspecified atom stereocenters. The number of anilines is 2. The first kappa shape index (κ1) is 17.1. The van der Waals surface area contributed by atoms with Crippen molar-refractivity contribution in [3.8, 4) is 22.5 Å². The molecule has 0 spiro atoms. The monoisotopic (exact) mass is 380 g/mol. The van der Waals surface area contributed by atoms with Crippen molar-refractivity contribution >= 4 is 34.4 Å². The number of aryl methyl sites for hydroxylation is 1. The third-order valence-electron chi connectivity index (χ3n) is 4.39. The Labute approximate surface area is 160 Å². The Hall–Kier alpha value is -3.32. The molecular formula is C19H17ClN6O. The molecule has 27 heavy (non-hydrogen) atoms. The van der Waals surface area contributed by atoms with Crippen LogP contribution >= 0.6 is 11.6 Å². The average molecular weight is 381 g/mol. The van der Waals surface area contributed by atoms with Crippen LogP contribution in [0, 0.1) is 0 Å². The summed E-state index contributed by atoms with van der Waals surface area (Å²) in [7, 11) is 0.